The maximum absolute atomic E-state index is 13.5. The summed E-state index contributed by atoms with van der Waals surface area (Å²) in [4.78, 5) is 31.6. The molecule has 1 atom stereocenters. The molecule has 0 radical (unpaired) electrons. The van der Waals surface area contributed by atoms with Crippen molar-refractivity contribution in [2.24, 2.45) is 0 Å². The van der Waals surface area contributed by atoms with Gasteiger partial charge in [0, 0.05) is 25.7 Å². The number of amides is 2. The minimum Gasteiger partial charge on any atom is -0.378 e. The van der Waals surface area contributed by atoms with Crippen LogP contribution >= 0.6 is 0 Å². The van der Waals surface area contributed by atoms with Crippen LogP contribution in [-0.4, -0.2) is 73.1 Å². The number of pyridine rings is 1. The fourth-order valence-electron chi connectivity index (χ4n) is 3.18. The lowest BCUT2D eigenvalue weighted by Crippen LogP contribution is -2.43. The highest BCUT2D eigenvalue weighted by molar-refractivity contribution is 6.01. The van der Waals surface area contributed by atoms with Crippen LogP contribution in [0.3, 0.4) is 0 Å². The van der Waals surface area contributed by atoms with Crippen molar-refractivity contribution >= 4 is 17.5 Å². The number of halogens is 2. The van der Waals surface area contributed by atoms with Gasteiger partial charge in [0.2, 0.25) is 5.91 Å². The van der Waals surface area contributed by atoms with Gasteiger partial charge in [0.05, 0.1) is 49.8 Å². The second kappa shape index (κ2) is 7.84. The minimum atomic E-state index is -3.09. The first kappa shape index (κ1) is 19.0. The number of morpholine rings is 1. The van der Waals surface area contributed by atoms with E-state index in [1.165, 1.54) is 12.3 Å². The average molecular weight is 379 g/mol. The number of anilines is 1. The summed E-state index contributed by atoms with van der Waals surface area (Å²) in [6.45, 7) is 1.02. The van der Waals surface area contributed by atoms with Gasteiger partial charge in [-0.2, -0.15) is 5.26 Å². The van der Waals surface area contributed by atoms with Crippen LogP contribution in [0.25, 0.3) is 0 Å². The van der Waals surface area contributed by atoms with Crippen LogP contribution in [-0.2, 0) is 9.53 Å². The molecule has 1 aromatic heterocycles. The predicted octanol–water partition coefficient (Wildman–Crippen LogP) is 0.408. The number of nitriles is 1. The largest absolute Gasteiger partial charge is 0.378 e. The van der Waals surface area contributed by atoms with E-state index in [9.17, 15) is 18.4 Å². The zero-order chi connectivity index (χ0) is 19.4. The number of nitrogens with one attached hydrogen (secondary N) is 1. The smallest absolute Gasteiger partial charge is 0.268 e. The number of hydrogen-bond donors (Lipinski definition) is 1. The zero-order valence-corrected chi connectivity index (χ0v) is 14.5. The molecule has 0 aliphatic carbocycles. The summed E-state index contributed by atoms with van der Waals surface area (Å²) >= 11 is 0. The van der Waals surface area contributed by atoms with Gasteiger partial charge in [-0.3, -0.25) is 14.6 Å². The number of likely N-dealkylation sites (tertiary alicyclic amines) is 1. The number of ether oxygens (including phenoxy) is 1. The van der Waals surface area contributed by atoms with E-state index in [1.54, 1.807) is 12.3 Å². The van der Waals surface area contributed by atoms with E-state index in [0.717, 1.165) is 4.90 Å². The number of carbonyl (C=O) groups excluding carboxylic acids is 2. The van der Waals surface area contributed by atoms with Gasteiger partial charge >= 0.3 is 0 Å². The summed E-state index contributed by atoms with van der Waals surface area (Å²) in [5.74, 6) is -4.31. The van der Waals surface area contributed by atoms with Crippen molar-refractivity contribution in [2.45, 2.75) is 18.4 Å². The second-order valence-electron chi connectivity index (χ2n) is 6.40. The number of carbonyl (C=O) groups is 2. The molecular weight excluding hydrogens is 360 g/mol. The Morgan fingerprint density at radius 2 is 2.15 bits per heavy atom. The normalized spacial score (nSPS) is 21.6. The molecule has 2 aliphatic rings. The zero-order valence-electron chi connectivity index (χ0n) is 14.5. The van der Waals surface area contributed by atoms with E-state index in [1.807, 2.05) is 4.90 Å². The SMILES string of the molecule is N#CC1CC(F)(F)CN1C(=O)CNC(=O)c1ccncc1N1CCOCC1. The minimum absolute atomic E-state index is 0.336. The van der Waals surface area contributed by atoms with Crippen molar-refractivity contribution in [3.63, 3.8) is 0 Å². The Hall–Kier alpha value is -2.80. The van der Waals surface area contributed by atoms with Gasteiger partial charge in [-0.15, -0.1) is 0 Å². The van der Waals surface area contributed by atoms with Crippen LogP contribution in [0.1, 0.15) is 16.8 Å². The molecule has 1 N–H and O–H groups in total. The fourth-order valence-corrected chi connectivity index (χ4v) is 3.18. The molecule has 1 unspecified atom stereocenters. The van der Waals surface area contributed by atoms with Crippen LogP contribution in [0.5, 0.6) is 0 Å². The highest BCUT2D eigenvalue weighted by Gasteiger charge is 2.47. The molecule has 0 spiro atoms. The molecule has 0 bridgehead atoms. The Morgan fingerprint density at radius 3 is 2.85 bits per heavy atom. The first-order valence-electron chi connectivity index (χ1n) is 8.53. The van der Waals surface area contributed by atoms with Crippen molar-refractivity contribution in [1.82, 2.24) is 15.2 Å². The summed E-state index contributed by atoms with van der Waals surface area (Å²) in [6.07, 6.45) is 2.34. The molecule has 2 aliphatic heterocycles. The highest BCUT2D eigenvalue weighted by Crippen LogP contribution is 2.31. The van der Waals surface area contributed by atoms with Crippen molar-refractivity contribution in [2.75, 3.05) is 44.3 Å². The average Bonchev–Trinajstić information content (AvgIpc) is 3.01. The van der Waals surface area contributed by atoms with Crippen molar-refractivity contribution in [1.29, 1.82) is 5.26 Å². The Morgan fingerprint density at radius 1 is 1.41 bits per heavy atom. The molecular formula is C17H19F2N5O3. The monoisotopic (exact) mass is 379 g/mol. The molecule has 144 valence electrons. The molecule has 0 aromatic carbocycles. The second-order valence-corrected chi connectivity index (χ2v) is 6.40. The van der Waals surface area contributed by atoms with Gasteiger partial charge in [-0.25, -0.2) is 8.78 Å². The summed E-state index contributed by atoms with van der Waals surface area (Å²) in [5, 5.41) is 11.4. The summed E-state index contributed by atoms with van der Waals surface area (Å²) in [5.41, 5.74) is 0.955. The topological polar surface area (TPSA) is 98.6 Å². The molecule has 10 heteroatoms. The third-order valence-electron chi connectivity index (χ3n) is 4.54. The molecule has 2 amide bonds. The van der Waals surface area contributed by atoms with Crippen LogP contribution < -0.4 is 10.2 Å². The lowest BCUT2D eigenvalue weighted by atomic mass is 10.2. The van der Waals surface area contributed by atoms with Crippen molar-refractivity contribution in [3.05, 3.63) is 24.0 Å². The summed E-state index contributed by atoms with van der Waals surface area (Å²) in [6, 6.07) is 2.06. The van der Waals surface area contributed by atoms with E-state index in [-0.39, 0.29) is 0 Å². The molecule has 0 saturated carbocycles. The molecule has 3 rings (SSSR count). The van der Waals surface area contributed by atoms with E-state index < -0.39 is 43.3 Å². The molecule has 27 heavy (non-hydrogen) atoms. The predicted molar refractivity (Wildman–Crippen MR) is 90.3 cm³/mol. The van der Waals surface area contributed by atoms with Gasteiger partial charge in [0.15, 0.2) is 0 Å². The number of aromatic nitrogens is 1. The molecule has 2 saturated heterocycles. The lowest BCUT2D eigenvalue weighted by Gasteiger charge is -2.29. The number of hydrogen-bond acceptors (Lipinski definition) is 6. The molecule has 1 aromatic rings. The van der Waals surface area contributed by atoms with Crippen molar-refractivity contribution < 1.29 is 23.1 Å². The Labute approximate surface area is 154 Å². The Kier molecular flexibility index (Phi) is 5.51. The number of rotatable bonds is 4. The summed E-state index contributed by atoms with van der Waals surface area (Å²) in [7, 11) is 0. The summed E-state index contributed by atoms with van der Waals surface area (Å²) < 4.78 is 32.2. The van der Waals surface area contributed by atoms with E-state index >= 15 is 0 Å². The third-order valence-corrected chi connectivity index (χ3v) is 4.54. The van der Waals surface area contributed by atoms with E-state index in [2.05, 4.69) is 10.3 Å². The molecule has 8 nitrogen and oxygen atoms in total. The Bertz CT molecular complexity index is 761. The quantitative estimate of drug-likeness (QED) is 0.814. The maximum Gasteiger partial charge on any atom is 0.268 e. The van der Waals surface area contributed by atoms with E-state index in [4.69, 9.17) is 10.00 Å². The number of alkyl halides is 2. The van der Waals surface area contributed by atoms with Gasteiger partial charge < -0.3 is 19.9 Å². The van der Waals surface area contributed by atoms with Crippen LogP contribution in [0, 0.1) is 11.3 Å². The van der Waals surface area contributed by atoms with Gasteiger partial charge in [-0.05, 0) is 6.07 Å². The van der Waals surface area contributed by atoms with Crippen LogP contribution in [0.2, 0.25) is 0 Å². The highest BCUT2D eigenvalue weighted by atomic mass is 19.3. The van der Waals surface area contributed by atoms with E-state index in [0.29, 0.717) is 37.6 Å². The third kappa shape index (κ3) is 4.31. The Balaban J connectivity index is 1.65. The lowest BCUT2D eigenvalue weighted by molar-refractivity contribution is -0.131. The van der Waals surface area contributed by atoms with Crippen LogP contribution in [0.4, 0.5) is 14.5 Å². The molecule has 2 fully saturated rings. The van der Waals surface area contributed by atoms with Crippen LogP contribution in [0.15, 0.2) is 18.5 Å². The van der Waals surface area contributed by atoms with Gasteiger partial charge in [-0.1, -0.05) is 0 Å². The first-order valence-corrected chi connectivity index (χ1v) is 8.53. The fraction of sp³-hybridized carbons (Fsp3) is 0.529. The number of nitrogens with zero attached hydrogens (tertiary/aromatic N) is 4. The maximum atomic E-state index is 13.5. The standard InChI is InChI=1S/C17H19F2N5O3/c18-17(19)7-12(8-20)24(11-17)15(25)10-22-16(26)13-1-2-21-9-14(13)23-3-5-27-6-4-23/h1-2,9,12H,3-7,10-11H2,(H,22,26). The van der Waals surface area contributed by atoms with Crippen molar-refractivity contribution in [3.8, 4) is 6.07 Å². The van der Waals surface area contributed by atoms with Gasteiger partial charge in [0.1, 0.15) is 6.04 Å². The van der Waals surface area contributed by atoms with Gasteiger partial charge in [0.25, 0.3) is 11.8 Å². The first-order chi connectivity index (χ1) is 12.9. The molecule has 3 heterocycles.